The standard InChI is InChI=1S/C18H22F3N5O2S/c1-13-2-4-14(5-3-13)10-22-15(27)11-29-17-24-23-16(25-6-8-28-9-7-25)26(17)12-18(19,20)21/h2-5H,6-12H2,1H3,(H,22,27). The van der Waals surface area contributed by atoms with Gasteiger partial charge in [0, 0.05) is 19.6 Å². The van der Waals surface area contributed by atoms with E-state index >= 15 is 0 Å². The van der Waals surface area contributed by atoms with Crippen molar-refractivity contribution in [2.45, 2.75) is 31.3 Å². The summed E-state index contributed by atoms with van der Waals surface area (Å²) in [6.45, 7) is 2.84. The summed E-state index contributed by atoms with van der Waals surface area (Å²) < 4.78 is 45.5. The third kappa shape index (κ3) is 6.36. The molecule has 1 amide bonds. The number of hydrogen-bond acceptors (Lipinski definition) is 6. The number of aromatic nitrogens is 3. The Morgan fingerprint density at radius 1 is 1.21 bits per heavy atom. The number of anilines is 1. The van der Waals surface area contributed by atoms with E-state index in [9.17, 15) is 18.0 Å². The van der Waals surface area contributed by atoms with Gasteiger partial charge in [0.2, 0.25) is 11.9 Å². The number of carbonyl (C=O) groups excluding carboxylic acids is 1. The second-order valence-electron chi connectivity index (χ2n) is 6.63. The number of hydrogen-bond donors (Lipinski definition) is 1. The molecule has 0 aliphatic carbocycles. The molecule has 1 aliphatic heterocycles. The quantitative estimate of drug-likeness (QED) is 0.682. The molecule has 1 saturated heterocycles. The number of thioether (sulfide) groups is 1. The van der Waals surface area contributed by atoms with Crippen LogP contribution in [-0.2, 0) is 22.6 Å². The second kappa shape index (κ2) is 9.49. The third-order valence-electron chi connectivity index (χ3n) is 4.27. The minimum absolute atomic E-state index is 0.0506. The predicted octanol–water partition coefficient (Wildman–Crippen LogP) is 2.39. The van der Waals surface area contributed by atoms with Gasteiger partial charge in [0.1, 0.15) is 6.54 Å². The van der Waals surface area contributed by atoms with E-state index in [4.69, 9.17) is 4.74 Å². The van der Waals surface area contributed by atoms with Gasteiger partial charge in [-0.1, -0.05) is 41.6 Å². The van der Waals surface area contributed by atoms with Gasteiger partial charge < -0.3 is 15.0 Å². The van der Waals surface area contributed by atoms with Crippen LogP contribution in [0.5, 0.6) is 0 Å². The number of alkyl halides is 3. The first-order valence-electron chi connectivity index (χ1n) is 9.09. The van der Waals surface area contributed by atoms with E-state index in [1.807, 2.05) is 31.2 Å². The maximum absolute atomic E-state index is 13.1. The fraction of sp³-hybridized carbons (Fsp3) is 0.500. The Morgan fingerprint density at radius 2 is 1.90 bits per heavy atom. The highest BCUT2D eigenvalue weighted by molar-refractivity contribution is 7.99. The summed E-state index contributed by atoms with van der Waals surface area (Å²) in [6.07, 6.45) is -4.42. The van der Waals surface area contributed by atoms with Gasteiger partial charge >= 0.3 is 6.18 Å². The van der Waals surface area contributed by atoms with Crippen molar-refractivity contribution >= 4 is 23.6 Å². The maximum Gasteiger partial charge on any atom is 0.406 e. The molecule has 0 saturated carbocycles. The Morgan fingerprint density at radius 3 is 2.55 bits per heavy atom. The van der Waals surface area contributed by atoms with Crippen molar-refractivity contribution in [2.24, 2.45) is 0 Å². The maximum atomic E-state index is 13.1. The molecule has 7 nitrogen and oxygen atoms in total. The van der Waals surface area contributed by atoms with E-state index < -0.39 is 12.7 Å². The average molecular weight is 429 g/mol. The molecular formula is C18H22F3N5O2S. The molecule has 0 radical (unpaired) electrons. The highest BCUT2D eigenvalue weighted by Crippen LogP contribution is 2.27. The van der Waals surface area contributed by atoms with Gasteiger partial charge in [-0.25, -0.2) is 0 Å². The average Bonchev–Trinajstić information content (AvgIpc) is 3.07. The number of halogens is 3. The zero-order valence-corrected chi connectivity index (χ0v) is 16.7. The summed E-state index contributed by atoms with van der Waals surface area (Å²) in [5.74, 6) is -0.191. The highest BCUT2D eigenvalue weighted by atomic mass is 32.2. The second-order valence-corrected chi connectivity index (χ2v) is 7.58. The van der Waals surface area contributed by atoms with Crippen LogP contribution in [0.25, 0.3) is 0 Å². The van der Waals surface area contributed by atoms with Crippen LogP contribution in [-0.4, -0.2) is 58.9 Å². The first-order valence-corrected chi connectivity index (χ1v) is 10.1. The van der Waals surface area contributed by atoms with Gasteiger partial charge in [0.05, 0.1) is 19.0 Å². The van der Waals surface area contributed by atoms with Gasteiger partial charge in [-0.2, -0.15) is 13.2 Å². The highest BCUT2D eigenvalue weighted by Gasteiger charge is 2.33. The van der Waals surface area contributed by atoms with Crippen LogP contribution in [0.1, 0.15) is 11.1 Å². The van der Waals surface area contributed by atoms with Crippen LogP contribution in [0.15, 0.2) is 29.4 Å². The van der Waals surface area contributed by atoms with Gasteiger partial charge in [-0.15, -0.1) is 10.2 Å². The molecule has 2 aromatic rings. The zero-order chi connectivity index (χ0) is 20.9. The number of amides is 1. The Hall–Kier alpha value is -2.27. The molecule has 0 unspecified atom stereocenters. The molecule has 158 valence electrons. The van der Waals surface area contributed by atoms with Crippen molar-refractivity contribution in [3.63, 3.8) is 0 Å². The van der Waals surface area contributed by atoms with Crippen LogP contribution < -0.4 is 10.2 Å². The van der Waals surface area contributed by atoms with Crippen LogP contribution in [0.4, 0.5) is 19.1 Å². The zero-order valence-electron chi connectivity index (χ0n) is 15.9. The largest absolute Gasteiger partial charge is 0.406 e. The topological polar surface area (TPSA) is 72.3 Å². The van der Waals surface area contributed by atoms with Gasteiger partial charge in [-0.05, 0) is 12.5 Å². The summed E-state index contributed by atoms with van der Waals surface area (Å²) in [6, 6.07) is 7.72. The third-order valence-corrected chi connectivity index (χ3v) is 5.24. The molecule has 0 bridgehead atoms. The number of morpholine rings is 1. The monoisotopic (exact) mass is 429 g/mol. The molecule has 11 heteroatoms. The smallest absolute Gasteiger partial charge is 0.378 e. The normalized spacial score (nSPS) is 14.8. The summed E-state index contributed by atoms with van der Waals surface area (Å²) >= 11 is 0.938. The molecular weight excluding hydrogens is 407 g/mol. The number of nitrogens with one attached hydrogen (secondary N) is 1. The fourth-order valence-electron chi connectivity index (χ4n) is 2.79. The lowest BCUT2D eigenvalue weighted by Gasteiger charge is -2.28. The lowest BCUT2D eigenvalue weighted by atomic mass is 10.1. The number of benzene rings is 1. The van der Waals surface area contributed by atoms with E-state index in [2.05, 4.69) is 15.5 Å². The first-order chi connectivity index (χ1) is 13.8. The van der Waals surface area contributed by atoms with Gasteiger partial charge in [0.25, 0.3) is 0 Å². The van der Waals surface area contributed by atoms with Crippen molar-refractivity contribution in [2.75, 3.05) is 37.0 Å². The van der Waals surface area contributed by atoms with E-state index in [-0.39, 0.29) is 22.8 Å². The number of nitrogens with zero attached hydrogens (tertiary/aromatic N) is 4. The van der Waals surface area contributed by atoms with Crippen molar-refractivity contribution in [1.82, 2.24) is 20.1 Å². The molecule has 0 spiro atoms. The Bertz CT molecular complexity index is 820. The van der Waals surface area contributed by atoms with Gasteiger partial charge in [-0.3, -0.25) is 9.36 Å². The van der Waals surface area contributed by atoms with E-state index in [0.29, 0.717) is 32.8 Å². The molecule has 1 aromatic heterocycles. The molecule has 2 heterocycles. The van der Waals surface area contributed by atoms with E-state index in [0.717, 1.165) is 27.5 Å². The molecule has 1 fully saturated rings. The Labute approximate surface area is 170 Å². The van der Waals surface area contributed by atoms with Crippen molar-refractivity contribution < 1.29 is 22.7 Å². The number of aryl methyl sites for hydroxylation is 1. The molecule has 3 rings (SSSR count). The number of carbonyl (C=O) groups is 1. The summed E-state index contributed by atoms with van der Waals surface area (Å²) in [5, 5.41) is 10.6. The lowest BCUT2D eigenvalue weighted by Crippen LogP contribution is -2.38. The first kappa shape index (κ1) is 21.4. The predicted molar refractivity (Wildman–Crippen MR) is 103 cm³/mol. The lowest BCUT2D eigenvalue weighted by molar-refractivity contribution is -0.141. The van der Waals surface area contributed by atoms with Crippen LogP contribution in [0, 0.1) is 6.92 Å². The molecule has 1 aliphatic rings. The SMILES string of the molecule is Cc1ccc(CNC(=O)CSc2nnc(N3CCOCC3)n2CC(F)(F)F)cc1. The van der Waals surface area contributed by atoms with Crippen LogP contribution in [0.3, 0.4) is 0 Å². The molecule has 1 aromatic carbocycles. The molecule has 1 N–H and O–H groups in total. The van der Waals surface area contributed by atoms with E-state index in [1.165, 1.54) is 0 Å². The summed E-state index contributed by atoms with van der Waals surface area (Å²) in [5.41, 5.74) is 2.07. The van der Waals surface area contributed by atoms with E-state index in [1.54, 1.807) is 4.90 Å². The fourth-order valence-corrected chi connectivity index (χ4v) is 3.55. The van der Waals surface area contributed by atoms with Crippen LogP contribution >= 0.6 is 11.8 Å². The minimum Gasteiger partial charge on any atom is -0.378 e. The number of ether oxygens (including phenoxy) is 1. The molecule has 29 heavy (non-hydrogen) atoms. The number of rotatable bonds is 7. The van der Waals surface area contributed by atoms with Crippen molar-refractivity contribution in [1.29, 1.82) is 0 Å². The minimum atomic E-state index is -4.42. The van der Waals surface area contributed by atoms with Crippen molar-refractivity contribution in [3.05, 3.63) is 35.4 Å². The summed E-state index contributed by atoms with van der Waals surface area (Å²) in [7, 11) is 0. The van der Waals surface area contributed by atoms with Crippen molar-refractivity contribution in [3.8, 4) is 0 Å². The van der Waals surface area contributed by atoms with Crippen LogP contribution in [0.2, 0.25) is 0 Å². The Kier molecular flexibility index (Phi) is 7.01. The molecule has 0 atom stereocenters. The Balaban J connectivity index is 1.62. The summed E-state index contributed by atoms with van der Waals surface area (Å²) in [4.78, 5) is 13.8. The van der Waals surface area contributed by atoms with Gasteiger partial charge in [0.15, 0.2) is 5.16 Å².